The molecule has 0 spiro atoms. The average Bonchev–Trinajstić information content (AvgIpc) is 3.06. The molecule has 0 saturated carbocycles. The predicted octanol–water partition coefficient (Wildman–Crippen LogP) is 7.24. The van der Waals surface area contributed by atoms with Crippen molar-refractivity contribution in [2.45, 2.75) is 99.5 Å². The molecule has 4 aromatic rings. The van der Waals surface area contributed by atoms with Gasteiger partial charge in [0.05, 0.1) is 6.42 Å². The summed E-state index contributed by atoms with van der Waals surface area (Å²) in [4.78, 5) is 3.95. The molecule has 0 atom stereocenters. The lowest BCUT2D eigenvalue weighted by molar-refractivity contribution is -0.696. The largest absolute Gasteiger partial charge is 1.00 e. The third-order valence-corrected chi connectivity index (χ3v) is 7.92. The van der Waals surface area contributed by atoms with E-state index in [-0.39, 0.29) is 17.0 Å². The maximum Gasteiger partial charge on any atom is 0.171 e. The van der Waals surface area contributed by atoms with E-state index in [9.17, 15) is 0 Å². The van der Waals surface area contributed by atoms with Gasteiger partial charge in [-0.15, -0.1) is 0 Å². The van der Waals surface area contributed by atoms with Gasteiger partial charge in [0.25, 0.3) is 0 Å². The Bertz CT molecular complexity index is 1500. The Hall–Kier alpha value is -3.18. The number of aromatic nitrogens is 2. The van der Waals surface area contributed by atoms with Gasteiger partial charge in [0.15, 0.2) is 18.9 Å². The Balaban J connectivity index is 0.000000380. The zero-order valence-electron chi connectivity index (χ0n) is 28.8. The molecule has 244 valence electrons. The molecule has 0 unspecified atom stereocenters. The lowest BCUT2D eigenvalue weighted by Gasteiger charge is -1.99. The van der Waals surface area contributed by atoms with Gasteiger partial charge in [-0.2, -0.15) is 0 Å². The standard InChI is InChI=1S/C21H26N.C14H17Br.C7H9N.BrH/c1-4-5-8-20-10-12-21(13-11-20)9-6-7-15-22-16-14-18(2)19(3)17-22;1-2-3-6-13-8-10-14(11-9-13)7-4-5-12-15;1-6-3-4-8-5-7(6)2;/h10-14,16-17H,4-5,7-8,15H2,1-3H3;8-11H,2-3,5-6,12H2,1H3;3-5H,1-2H3;1H/q+1;;;/p-1. The van der Waals surface area contributed by atoms with Crippen molar-refractivity contribution in [1.82, 2.24) is 4.98 Å². The van der Waals surface area contributed by atoms with Crippen molar-refractivity contribution in [1.29, 1.82) is 0 Å². The van der Waals surface area contributed by atoms with Crippen LogP contribution >= 0.6 is 15.9 Å². The molecule has 0 N–H and O–H groups in total. The molecular formula is C42H52Br2N2. The third kappa shape index (κ3) is 17.5. The first-order valence-corrected chi connectivity index (χ1v) is 17.5. The summed E-state index contributed by atoms with van der Waals surface area (Å²) >= 11 is 3.36. The monoisotopic (exact) mass is 742 g/mol. The van der Waals surface area contributed by atoms with Gasteiger partial charge < -0.3 is 17.0 Å². The Morgan fingerprint density at radius 2 is 1.17 bits per heavy atom. The molecule has 2 heterocycles. The minimum absolute atomic E-state index is 0. The van der Waals surface area contributed by atoms with Crippen LogP contribution in [0.25, 0.3) is 0 Å². The van der Waals surface area contributed by atoms with Crippen molar-refractivity contribution in [3.63, 3.8) is 0 Å². The van der Waals surface area contributed by atoms with Crippen LogP contribution in [0, 0.1) is 51.4 Å². The number of hydrogen-bond acceptors (Lipinski definition) is 1. The van der Waals surface area contributed by atoms with Crippen LogP contribution in [0.15, 0.2) is 85.5 Å². The smallest absolute Gasteiger partial charge is 0.171 e. The summed E-state index contributed by atoms with van der Waals surface area (Å²) in [6.45, 7) is 13.8. The highest BCUT2D eigenvalue weighted by atomic mass is 79.9. The fourth-order valence-electron chi connectivity index (χ4n) is 4.25. The number of hydrogen-bond donors (Lipinski definition) is 0. The van der Waals surface area contributed by atoms with Crippen molar-refractivity contribution in [2.75, 3.05) is 5.33 Å². The number of unbranched alkanes of at least 4 members (excludes halogenated alkanes) is 2. The number of rotatable bonds is 9. The van der Waals surface area contributed by atoms with Crippen LogP contribution in [0.4, 0.5) is 0 Å². The van der Waals surface area contributed by atoms with Gasteiger partial charge in [0.2, 0.25) is 0 Å². The second-order valence-electron chi connectivity index (χ2n) is 11.4. The number of aryl methyl sites for hydroxylation is 7. The lowest BCUT2D eigenvalue weighted by Crippen LogP contribution is -3.00. The highest BCUT2D eigenvalue weighted by molar-refractivity contribution is 9.09. The van der Waals surface area contributed by atoms with Crippen molar-refractivity contribution < 1.29 is 21.5 Å². The molecule has 2 aromatic carbocycles. The number of nitrogens with zero attached hydrogens (tertiary/aromatic N) is 2. The first-order chi connectivity index (χ1) is 21.9. The lowest BCUT2D eigenvalue weighted by atomic mass is 10.1. The number of pyridine rings is 2. The normalized spacial score (nSPS) is 9.54. The molecular weight excluding hydrogens is 692 g/mol. The van der Waals surface area contributed by atoms with Crippen LogP contribution in [0.3, 0.4) is 0 Å². The van der Waals surface area contributed by atoms with Crippen molar-refractivity contribution >= 4 is 15.9 Å². The molecule has 0 amide bonds. The van der Waals surface area contributed by atoms with E-state index < -0.39 is 0 Å². The van der Waals surface area contributed by atoms with E-state index in [1.165, 1.54) is 71.9 Å². The Kier molecular flexibility index (Phi) is 22.2. The summed E-state index contributed by atoms with van der Waals surface area (Å²) in [7, 11) is 0. The molecule has 4 rings (SSSR count). The Labute approximate surface area is 299 Å². The molecule has 2 nitrogen and oxygen atoms in total. The fraction of sp³-hybridized carbons (Fsp3) is 0.381. The van der Waals surface area contributed by atoms with E-state index in [2.05, 4.69) is 158 Å². The maximum absolute atomic E-state index is 3.95. The maximum atomic E-state index is 3.95. The average molecular weight is 745 g/mol. The van der Waals surface area contributed by atoms with E-state index in [0.29, 0.717) is 0 Å². The molecule has 0 aliphatic heterocycles. The van der Waals surface area contributed by atoms with Crippen molar-refractivity contribution in [3.8, 4) is 23.7 Å². The molecule has 4 heteroatoms. The first-order valence-electron chi connectivity index (χ1n) is 16.4. The van der Waals surface area contributed by atoms with Gasteiger partial charge in [-0.3, -0.25) is 4.98 Å². The number of alkyl halides is 1. The van der Waals surface area contributed by atoms with Gasteiger partial charge in [-0.1, -0.05) is 90.6 Å². The molecule has 0 fully saturated rings. The van der Waals surface area contributed by atoms with E-state index >= 15 is 0 Å². The highest BCUT2D eigenvalue weighted by Gasteiger charge is 2.01. The second-order valence-corrected chi connectivity index (χ2v) is 12.2. The van der Waals surface area contributed by atoms with E-state index in [1.807, 2.05) is 18.5 Å². The van der Waals surface area contributed by atoms with Crippen LogP contribution in [-0.2, 0) is 19.4 Å². The number of halogens is 2. The fourth-order valence-corrected chi connectivity index (χ4v) is 4.45. The second kappa shape index (κ2) is 25.0. The molecule has 0 radical (unpaired) electrons. The topological polar surface area (TPSA) is 16.8 Å². The SMILES string of the molecule is CCCCc1ccc(C#CCCBr)cc1.CCCCc1ccc(C#CCC[n+]2ccc(C)c(C)c2)cc1.Cc1ccncc1C.[Br-]. The predicted molar refractivity (Wildman–Crippen MR) is 197 cm³/mol. The third-order valence-electron chi connectivity index (χ3n) is 7.52. The minimum atomic E-state index is 0. The van der Waals surface area contributed by atoms with E-state index in [0.717, 1.165) is 35.8 Å². The molecule has 2 aromatic heterocycles. The van der Waals surface area contributed by atoms with Crippen LogP contribution in [0.1, 0.15) is 96.9 Å². The van der Waals surface area contributed by atoms with E-state index in [4.69, 9.17) is 0 Å². The molecule has 46 heavy (non-hydrogen) atoms. The summed E-state index contributed by atoms with van der Waals surface area (Å²) < 4.78 is 2.21. The number of benzene rings is 2. The minimum Gasteiger partial charge on any atom is -1.00 e. The highest BCUT2D eigenvalue weighted by Crippen LogP contribution is 2.08. The summed E-state index contributed by atoms with van der Waals surface area (Å²) in [6.07, 6.45) is 17.2. The summed E-state index contributed by atoms with van der Waals surface area (Å²) in [5.74, 6) is 12.8. The van der Waals surface area contributed by atoms with Gasteiger partial charge >= 0.3 is 0 Å². The van der Waals surface area contributed by atoms with Crippen LogP contribution in [0.5, 0.6) is 0 Å². The zero-order chi connectivity index (χ0) is 32.7. The van der Waals surface area contributed by atoms with E-state index in [1.54, 1.807) is 0 Å². The molecule has 0 saturated heterocycles. The van der Waals surface area contributed by atoms with Crippen molar-refractivity contribution in [3.05, 3.63) is 130 Å². The first kappa shape index (κ1) is 40.8. The quantitative estimate of drug-likeness (QED) is 0.100. The Morgan fingerprint density at radius 1 is 0.652 bits per heavy atom. The van der Waals surface area contributed by atoms with Crippen LogP contribution < -0.4 is 21.5 Å². The van der Waals surface area contributed by atoms with Gasteiger partial charge in [-0.05, 0) is 112 Å². The molecule has 0 bridgehead atoms. The summed E-state index contributed by atoms with van der Waals surface area (Å²) in [5, 5.41) is 0.953. The zero-order valence-corrected chi connectivity index (χ0v) is 32.0. The molecule has 0 aliphatic rings. The summed E-state index contributed by atoms with van der Waals surface area (Å²) in [6, 6.07) is 21.5. The summed E-state index contributed by atoms with van der Waals surface area (Å²) in [5.41, 5.74) is 10.3. The van der Waals surface area contributed by atoms with Crippen LogP contribution in [-0.4, -0.2) is 10.3 Å². The van der Waals surface area contributed by atoms with Crippen LogP contribution in [0.2, 0.25) is 0 Å². The van der Waals surface area contributed by atoms with Gasteiger partial charge in [0, 0.05) is 46.9 Å². The molecule has 0 aliphatic carbocycles. The van der Waals surface area contributed by atoms with Gasteiger partial charge in [0.1, 0.15) is 0 Å². The van der Waals surface area contributed by atoms with Gasteiger partial charge in [-0.25, -0.2) is 4.57 Å². The van der Waals surface area contributed by atoms with Crippen molar-refractivity contribution in [2.24, 2.45) is 0 Å². The Morgan fingerprint density at radius 3 is 1.61 bits per heavy atom.